The summed E-state index contributed by atoms with van der Waals surface area (Å²) in [6, 6.07) is 5.76. The molecular weight excluding hydrogens is 208 g/mol. The first-order chi connectivity index (χ1) is 7.31. The van der Waals surface area contributed by atoms with Crippen LogP contribution in [0.5, 0.6) is 5.75 Å². The maximum Gasteiger partial charge on any atom is 0.163 e. The summed E-state index contributed by atoms with van der Waals surface area (Å²) in [5.74, 6) is 2.07. The number of carbonyl (C=O) groups is 1. The van der Waals surface area contributed by atoms with Crippen molar-refractivity contribution < 1.29 is 9.53 Å². The van der Waals surface area contributed by atoms with Crippen molar-refractivity contribution in [3.63, 3.8) is 0 Å². The molecule has 1 aliphatic rings. The van der Waals surface area contributed by atoms with E-state index in [0.29, 0.717) is 6.42 Å². The van der Waals surface area contributed by atoms with Gasteiger partial charge in [0.25, 0.3) is 0 Å². The molecule has 2 nitrogen and oxygen atoms in total. The number of fused-ring (bicyclic) bond motifs is 1. The fraction of sp³-hybridized carbons (Fsp3) is 0.417. The molecule has 0 amide bonds. The molecule has 1 heterocycles. The second kappa shape index (κ2) is 4.71. The van der Waals surface area contributed by atoms with Crippen molar-refractivity contribution in [2.75, 3.05) is 18.6 Å². The topological polar surface area (TPSA) is 26.3 Å². The maximum absolute atomic E-state index is 11.7. The Bertz CT molecular complexity index is 374. The zero-order valence-electron chi connectivity index (χ0n) is 8.79. The molecule has 0 atom stereocenters. The molecule has 0 N–H and O–H groups in total. The molecule has 15 heavy (non-hydrogen) atoms. The van der Waals surface area contributed by atoms with Gasteiger partial charge in [0.1, 0.15) is 5.75 Å². The molecule has 0 spiro atoms. The number of ether oxygens (including phenoxy) is 1. The second-order valence-electron chi connectivity index (χ2n) is 3.59. The number of hydrogen-bond acceptors (Lipinski definition) is 3. The molecule has 0 aliphatic carbocycles. The van der Waals surface area contributed by atoms with E-state index in [1.54, 1.807) is 11.8 Å². The lowest BCUT2D eigenvalue weighted by molar-refractivity contribution is 0.0989. The van der Waals surface area contributed by atoms with Gasteiger partial charge < -0.3 is 4.74 Å². The Morgan fingerprint density at radius 1 is 1.53 bits per heavy atom. The third kappa shape index (κ3) is 2.34. The normalized spacial score (nSPS) is 13.4. The van der Waals surface area contributed by atoms with Gasteiger partial charge in [0.15, 0.2) is 5.78 Å². The quantitative estimate of drug-likeness (QED) is 0.732. The average molecular weight is 222 g/mol. The van der Waals surface area contributed by atoms with Crippen molar-refractivity contribution in [3.05, 3.63) is 29.3 Å². The van der Waals surface area contributed by atoms with Crippen LogP contribution in [-0.4, -0.2) is 24.4 Å². The highest BCUT2D eigenvalue weighted by atomic mass is 32.2. The highest BCUT2D eigenvalue weighted by Crippen LogP contribution is 2.26. The van der Waals surface area contributed by atoms with Gasteiger partial charge in [-0.05, 0) is 30.0 Å². The van der Waals surface area contributed by atoms with E-state index < -0.39 is 0 Å². The molecular formula is C12H14O2S. The van der Waals surface area contributed by atoms with E-state index in [1.807, 2.05) is 24.5 Å². The van der Waals surface area contributed by atoms with Gasteiger partial charge in [-0.2, -0.15) is 11.8 Å². The van der Waals surface area contributed by atoms with Gasteiger partial charge in [-0.25, -0.2) is 0 Å². The van der Waals surface area contributed by atoms with Gasteiger partial charge in [0, 0.05) is 24.2 Å². The second-order valence-corrected chi connectivity index (χ2v) is 4.57. The predicted octanol–water partition coefficient (Wildman–Crippen LogP) is 2.56. The first kappa shape index (κ1) is 10.6. The summed E-state index contributed by atoms with van der Waals surface area (Å²) in [6.07, 6.45) is 3.57. The first-order valence-corrected chi connectivity index (χ1v) is 6.48. The summed E-state index contributed by atoms with van der Waals surface area (Å²) in [5.41, 5.74) is 2.00. The zero-order valence-corrected chi connectivity index (χ0v) is 9.60. The van der Waals surface area contributed by atoms with E-state index in [9.17, 15) is 4.79 Å². The lowest BCUT2D eigenvalue weighted by atomic mass is 10.0. The number of Topliss-reactive ketones (excluding diaryl/α,β-unsaturated/α-hetero) is 1. The summed E-state index contributed by atoms with van der Waals surface area (Å²) in [5, 5.41) is 0. The number of ketones is 1. The zero-order chi connectivity index (χ0) is 10.7. The molecule has 1 aromatic carbocycles. The van der Waals surface area contributed by atoms with Crippen molar-refractivity contribution in [1.82, 2.24) is 0 Å². The van der Waals surface area contributed by atoms with E-state index >= 15 is 0 Å². The summed E-state index contributed by atoms with van der Waals surface area (Å²) >= 11 is 1.70. The Morgan fingerprint density at radius 3 is 3.20 bits per heavy atom. The number of carbonyl (C=O) groups excluding carboxylic acids is 1. The van der Waals surface area contributed by atoms with Crippen LogP contribution in [-0.2, 0) is 6.42 Å². The van der Waals surface area contributed by atoms with E-state index in [0.717, 1.165) is 30.1 Å². The Balaban J connectivity index is 2.12. The Morgan fingerprint density at radius 2 is 2.40 bits per heavy atom. The van der Waals surface area contributed by atoms with Crippen LogP contribution >= 0.6 is 11.8 Å². The van der Waals surface area contributed by atoms with Crippen LogP contribution in [0.15, 0.2) is 18.2 Å². The van der Waals surface area contributed by atoms with Crippen molar-refractivity contribution in [2.24, 2.45) is 0 Å². The molecule has 0 aromatic heterocycles. The summed E-state index contributed by atoms with van der Waals surface area (Å²) in [7, 11) is 0. The minimum absolute atomic E-state index is 0.235. The smallest absolute Gasteiger partial charge is 0.163 e. The van der Waals surface area contributed by atoms with Crippen LogP contribution in [0.4, 0.5) is 0 Å². The minimum atomic E-state index is 0.235. The highest BCUT2D eigenvalue weighted by molar-refractivity contribution is 7.98. The average Bonchev–Trinajstić information content (AvgIpc) is 2.72. The number of rotatable bonds is 4. The SMILES string of the molecule is CSCCC(=O)c1ccc2c(c1)CCO2. The van der Waals surface area contributed by atoms with Crippen LogP contribution in [0, 0.1) is 0 Å². The third-order valence-corrected chi connectivity index (χ3v) is 3.16. The molecule has 2 rings (SSSR count). The lowest BCUT2D eigenvalue weighted by Crippen LogP contribution is -2.00. The summed E-state index contributed by atoms with van der Waals surface area (Å²) in [4.78, 5) is 11.7. The molecule has 3 heteroatoms. The fourth-order valence-corrected chi connectivity index (χ4v) is 2.09. The molecule has 0 unspecified atom stereocenters. The standard InChI is InChI=1S/C12H14O2S/c1-15-7-5-11(13)9-2-3-12-10(8-9)4-6-14-12/h2-3,8H,4-7H2,1H3. The molecule has 0 saturated carbocycles. The van der Waals surface area contributed by atoms with Crippen molar-refractivity contribution in [3.8, 4) is 5.75 Å². The number of thioether (sulfide) groups is 1. The number of hydrogen-bond donors (Lipinski definition) is 0. The summed E-state index contributed by atoms with van der Waals surface area (Å²) < 4.78 is 5.40. The van der Waals surface area contributed by atoms with Gasteiger partial charge >= 0.3 is 0 Å². The summed E-state index contributed by atoms with van der Waals surface area (Å²) in [6.45, 7) is 0.748. The maximum atomic E-state index is 11.7. The molecule has 1 aromatic rings. The molecule has 0 fully saturated rings. The van der Waals surface area contributed by atoms with E-state index in [1.165, 1.54) is 5.56 Å². The Hall–Kier alpha value is -0.960. The van der Waals surface area contributed by atoms with Gasteiger partial charge in [-0.1, -0.05) is 0 Å². The largest absolute Gasteiger partial charge is 0.493 e. The van der Waals surface area contributed by atoms with Gasteiger partial charge in [0.2, 0.25) is 0 Å². The highest BCUT2D eigenvalue weighted by Gasteiger charge is 2.14. The van der Waals surface area contributed by atoms with Crippen LogP contribution in [0.2, 0.25) is 0 Å². The molecule has 1 aliphatic heterocycles. The first-order valence-electron chi connectivity index (χ1n) is 5.09. The van der Waals surface area contributed by atoms with Crippen LogP contribution in [0.25, 0.3) is 0 Å². The van der Waals surface area contributed by atoms with Gasteiger partial charge in [0.05, 0.1) is 6.61 Å². The van der Waals surface area contributed by atoms with E-state index in [2.05, 4.69) is 0 Å². The van der Waals surface area contributed by atoms with Crippen LogP contribution in [0.3, 0.4) is 0 Å². The van der Waals surface area contributed by atoms with Crippen molar-refractivity contribution in [2.45, 2.75) is 12.8 Å². The monoisotopic (exact) mass is 222 g/mol. The van der Waals surface area contributed by atoms with Gasteiger partial charge in [-0.15, -0.1) is 0 Å². The molecule has 0 saturated heterocycles. The molecule has 80 valence electrons. The third-order valence-electron chi connectivity index (χ3n) is 2.54. The molecule has 0 bridgehead atoms. The lowest BCUT2D eigenvalue weighted by Gasteiger charge is -2.02. The van der Waals surface area contributed by atoms with Crippen molar-refractivity contribution in [1.29, 1.82) is 0 Å². The van der Waals surface area contributed by atoms with Gasteiger partial charge in [-0.3, -0.25) is 4.79 Å². The van der Waals surface area contributed by atoms with E-state index in [-0.39, 0.29) is 5.78 Å². The number of benzene rings is 1. The van der Waals surface area contributed by atoms with E-state index in [4.69, 9.17) is 4.74 Å². The van der Waals surface area contributed by atoms with Crippen LogP contribution in [0.1, 0.15) is 22.3 Å². The fourth-order valence-electron chi connectivity index (χ4n) is 1.70. The van der Waals surface area contributed by atoms with Crippen molar-refractivity contribution >= 4 is 17.5 Å². The molecule has 0 radical (unpaired) electrons. The predicted molar refractivity (Wildman–Crippen MR) is 63.0 cm³/mol. The Kier molecular flexibility index (Phi) is 3.31. The minimum Gasteiger partial charge on any atom is -0.493 e. The Labute approximate surface area is 94.0 Å². The van der Waals surface area contributed by atoms with Crippen LogP contribution < -0.4 is 4.74 Å².